The molecule has 5 nitrogen and oxygen atoms in total. The minimum atomic E-state index is 0.0204. The van der Waals surface area contributed by atoms with Gasteiger partial charge in [0, 0.05) is 19.3 Å². The Labute approximate surface area is 132 Å². The van der Waals surface area contributed by atoms with Crippen LogP contribution in [0, 0.1) is 18.8 Å². The van der Waals surface area contributed by atoms with Crippen molar-refractivity contribution in [1.29, 1.82) is 0 Å². The molecule has 3 rings (SSSR count). The fourth-order valence-electron chi connectivity index (χ4n) is 3.17. The summed E-state index contributed by atoms with van der Waals surface area (Å²) in [6.45, 7) is 8.11. The van der Waals surface area contributed by atoms with Crippen LogP contribution in [0.5, 0.6) is 0 Å². The standard InChI is InChI=1S/C17H26N4O/c1-12-16(13(2)22)10-19-17(20-12)18-9-14-5-7-21(8-6-14)11-15-3-4-15/h10,14-15H,3-9,11H2,1-2H3,(H,18,19,20). The summed E-state index contributed by atoms with van der Waals surface area (Å²) in [5, 5.41) is 3.34. The molecule has 120 valence electrons. The monoisotopic (exact) mass is 302 g/mol. The average molecular weight is 302 g/mol. The topological polar surface area (TPSA) is 58.1 Å². The SMILES string of the molecule is CC(=O)c1cnc(NCC2CCN(CC3CC3)CC2)nc1C. The first-order valence-corrected chi connectivity index (χ1v) is 8.42. The fourth-order valence-corrected chi connectivity index (χ4v) is 3.17. The van der Waals surface area contributed by atoms with Gasteiger partial charge in [0.2, 0.25) is 5.95 Å². The van der Waals surface area contributed by atoms with Crippen LogP contribution in [0.1, 0.15) is 48.7 Å². The number of carbonyl (C=O) groups excluding carboxylic acids is 1. The van der Waals surface area contributed by atoms with Crippen molar-refractivity contribution in [2.45, 2.75) is 39.5 Å². The van der Waals surface area contributed by atoms with E-state index in [-0.39, 0.29) is 5.78 Å². The number of anilines is 1. The molecule has 1 aliphatic heterocycles. The highest BCUT2D eigenvalue weighted by Crippen LogP contribution is 2.31. The number of Topliss-reactive ketones (excluding diaryl/α,β-unsaturated/α-hetero) is 1. The number of nitrogens with one attached hydrogen (secondary N) is 1. The zero-order chi connectivity index (χ0) is 15.5. The van der Waals surface area contributed by atoms with Crippen LogP contribution < -0.4 is 5.32 Å². The van der Waals surface area contributed by atoms with E-state index in [1.807, 2.05) is 6.92 Å². The molecule has 5 heteroatoms. The van der Waals surface area contributed by atoms with E-state index in [9.17, 15) is 4.79 Å². The van der Waals surface area contributed by atoms with E-state index >= 15 is 0 Å². The Morgan fingerprint density at radius 1 is 1.27 bits per heavy atom. The normalized spacial score (nSPS) is 20.1. The van der Waals surface area contributed by atoms with Crippen molar-refractivity contribution >= 4 is 11.7 Å². The molecule has 1 aliphatic carbocycles. The van der Waals surface area contributed by atoms with Crippen LogP contribution in [0.4, 0.5) is 5.95 Å². The van der Waals surface area contributed by atoms with Crippen LogP contribution >= 0.6 is 0 Å². The van der Waals surface area contributed by atoms with Gasteiger partial charge < -0.3 is 10.2 Å². The van der Waals surface area contributed by atoms with Crippen LogP contribution in [0.2, 0.25) is 0 Å². The Bertz CT molecular complexity index is 533. The lowest BCUT2D eigenvalue weighted by Gasteiger charge is -2.32. The van der Waals surface area contributed by atoms with Gasteiger partial charge >= 0.3 is 0 Å². The first-order chi connectivity index (χ1) is 10.6. The van der Waals surface area contributed by atoms with Gasteiger partial charge in [-0.3, -0.25) is 4.79 Å². The van der Waals surface area contributed by atoms with E-state index in [1.54, 1.807) is 13.1 Å². The molecular weight excluding hydrogens is 276 g/mol. The lowest BCUT2D eigenvalue weighted by molar-refractivity contribution is 0.101. The number of aromatic nitrogens is 2. The third-order valence-electron chi connectivity index (χ3n) is 4.83. The molecule has 0 bridgehead atoms. The molecule has 1 N–H and O–H groups in total. The highest BCUT2D eigenvalue weighted by Gasteiger charge is 2.27. The highest BCUT2D eigenvalue weighted by molar-refractivity contribution is 5.94. The predicted octanol–water partition coefficient (Wildman–Crippen LogP) is 2.52. The molecule has 0 unspecified atom stereocenters. The van der Waals surface area contributed by atoms with Crippen molar-refractivity contribution in [2.24, 2.45) is 11.8 Å². The summed E-state index contributed by atoms with van der Waals surface area (Å²) in [5.74, 6) is 2.35. The molecule has 0 radical (unpaired) electrons. The second kappa shape index (κ2) is 6.73. The van der Waals surface area contributed by atoms with Gasteiger partial charge in [-0.1, -0.05) is 0 Å². The van der Waals surface area contributed by atoms with Gasteiger partial charge in [-0.15, -0.1) is 0 Å². The number of likely N-dealkylation sites (tertiary alicyclic amines) is 1. The Morgan fingerprint density at radius 2 is 2.00 bits per heavy atom. The van der Waals surface area contributed by atoms with Crippen LogP contribution in [0.15, 0.2) is 6.20 Å². The fraction of sp³-hybridized carbons (Fsp3) is 0.706. The minimum absolute atomic E-state index is 0.0204. The van der Waals surface area contributed by atoms with Crippen molar-refractivity contribution in [2.75, 3.05) is 31.5 Å². The molecule has 1 aromatic rings. The molecule has 1 saturated carbocycles. The third-order valence-corrected chi connectivity index (χ3v) is 4.83. The van der Waals surface area contributed by atoms with Crippen LogP contribution in [0.3, 0.4) is 0 Å². The second-order valence-electron chi connectivity index (χ2n) is 6.82. The lowest BCUT2D eigenvalue weighted by atomic mass is 9.96. The predicted molar refractivity (Wildman–Crippen MR) is 87.2 cm³/mol. The van der Waals surface area contributed by atoms with E-state index in [2.05, 4.69) is 20.2 Å². The molecule has 2 heterocycles. The van der Waals surface area contributed by atoms with Crippen LogP contribution in [-0.2, 0) is 0 Å². The smallest absolute Gasteiger partial charge is 0.222 e. The Hall–Kier alpha value is -1.49. The van der Waals surface area contributed by atoms with Crippen LogP contribution in [-0.4, -0.2) is 46.8 Å². The van der Waals surface area contributed by atoms with Crippen LogP contribution in [0.25, 0.3) is 0 Å². The van der Waals surface area contributed by atoms with E-state index < -0.39 is 0 Å². The molecule has 0 amide bonds. The summed E-state index contributed by atoms with van der Waals surface area (Å²) >= 11 is 0. The number of hydrogen-bond acceptors (Lipinski definition) is 5. The van der Waals surface area contributed by atoms with Crippen molar-refractivity contribution in [3.8, 4) is 0 Å². The second-order valence-corrected chi connectivity index (χ2v) is 6.82. The first-order valence-electron chi connectivity index (χ1n) is 8.42. The Balaban J connectivity index is 1.44. The largest absolute Gasteiger partial charge is 0.354 e. The number of rotatable bonds is 6. The number of hydrogen-bond donors (Lipinski definition) is 1. The number of aryl methyl sites for hydroxylation is 1. The Morgan fingerprint density at radius 3 is 2.59 bits per heavy atom. The summed E-state index contributed by atoms with van der Waals surface area (Å²) in [5.41, 5.74) is 1.36. The number of ketones is 1. The van der Waals surface area contributed by atoms with Gasteiger partial charge in [0.05, 0.1) is 11.3 Å². The van der Waals surface area contributed by atoms with Gasteiger partial charge in [0.25, 0.3) is 0 Å². The van der Waals surface area contributed by atoms with Gasteiger partial charge in [-0.2, -0.15) is 0 Å². The van der Waals surface area contributed by atoms with E-state index in [0.29, 0.717) is 17.4 Å². The van der Waals surface area contributed by atoms with E-state index in [4.69, 9.17) is 0 Å². The lowest BCUT2D eigenvalue weighted by Crippen LogP contribution is -2.37. The summed E-state index contributed by atoms with van der Waals surface area (Å²) in [6, 6.07) is 0. The maximum absolute atomic E-state index is 11.4. The van der Waals surface area contributed by atoms with E-state index in [1.165, 1.54) is 45.3 Å². The molecule has 2 aliphatic rings. The summed E-state index contributed by atoms with van der Waals surface area (Å²) in [6.07, 6.45) is 7.02. The number of nitrogens with zero attached hydrogens (tertiary/aromatic N) is 3. The summed E-state index contributed by atoms with van der Waals surface area (Å²) in [4.78, 5) is 22.7. The molecule has 1 saturated heterocycles. The maximum Gasteiger partial charge on any atom is 0.222 e. The summed E-state index contributed by atoms with van der Waals surface area (Å²) in [7, 11) is 0. The average Bonchev–Trinajstić information content (AvgIpc) is 3.30. The van der Waals surface area contributed by atoms with Gasteiger partial charge in [0.1, 0.15) is 0 Å². The first kappa shape index (κ1) is 15.4. The van der Waals surface area contributed by atoms with Crippen molar-refractivity contribution < 1.29 is 4.79 Å². The van der Waals surface area contributed by atoms with Gasteiger partial charge in [-0.05, 0) is 64.5 Å². The quantitative estimate of drug-likeness (QED) is 0.818. The molecule has 2 fully saturated rings. The zero-order valence-electron chi connectivity index (χ0n) is 13.6. The number of piperidine rings is 1. The summed E-state index contributed by atoms with van der Waals surface area (Å²) < 4.78 is 0. The Kier molecular flexibility index (Phi) is 4.71. The van der Waals surface area contributed by atoms with Crippen molar-refractivity contribution in [1.82, 2.24) is 14.9 Å². The van der Waals surface area contributed by atoms with E-state index in [0.717, 1.165) is 18.2 Å². The van der Waals surface area contributed by atoms with Gasteiger partial charge in [0.15, 0.2) is 5.78 Å². The molecule has 22 heavy (non-hydrogen) atoms. The third kappa shape index (κ3) is 4.03. The molecule has 0 aromatic carbocycles. The maximum atomic E-state index is 11.4. The van der Waals surface area contributed by atoms with Gasteiger partial charge in [-0.25, -0.2) is 9.97 Å². The molecule has 1 aromatic heterocycles. The highest BCUT2D eigenvalue weighted by atomic mass is 16.1. The van der Waals surface area contributed by atoms with Crippen molar-refractivity contribution in [3.05, 3.63) is 17.5 Å². The molecule has 0 atom stereocenters. The molecule has 0 spiro atoms. The number of carbonyl (C=O) groups is 1. The molecular formula is C17H26N4O. The zero-order valence-corrected chi connectivity index (χ0v) is 13.6. The van der Waals surface area contributed by atoms with Crippen molar-refractivity contribution in [3.63, 3.8) is 0 Å². The minimum Gasteiger partial charge on any atom is -0.354 e.